The van der Waals surface area contributed by atoms with E-state index >= 15 is 0 Å². The molecule has 0 aliphatic rings. The molecule has 0 aliphatic carbocycles. The monoisotopic (exact) mass is 226 g/mol. The number of primary amides is 1. The molecule has 0 spiro atoms. The van der Waals surface area contributed by atoms with Crippen LogP contribution in [0, 0.1) is 0 Å². The van der Waals surface area contributed by atoms with Crippen LogP contribution < -0.4 is 17.0 Å². The number of hydrogen-bond donors (Lipinski definition) is 5. The minimum Gasteiger partial charge on any atom is -0.390 e. The predicted octanol–water partition coefficient (Wildman–Crippen LogP) is -1.36. The number of carbonyl (C=O) groups excluding carboxylic acids is 1. The van der Waals surface area contributed by atoms with Gasteiger partial charge >= 0.3 is 0 Å². The Balaban J connectivity index is 2.71. The molecular weight excluding hydrogens is 212 g/mol. The maximum Gasteiger partial charge on any atom is 0.220 e. The first-order chi connectivity index (χ1) is 7.54. The van der Waals surface area contributed by atoms with Crippen molar-refractivity contribution in [3.8, 4) is 0 Å². The van der Waals surface area contributed by atoms with Gasteiger partial charge in [-0.15, -0.1) is 0 Å². The van der Waals surface area contributed by atoms with Gasteiger partial charge in [0.2, 0.25) is 5.91 Å². The third-order valence-electron chi connectivity index (χ3n) is 2.05. The zero-order valence-corrected chi connectivity index (χ0v) is 8.50. The van der Waals surface area contributed by atoms with Crippen molar-refractivity contribution in [2.75, 3.05) is 5.43 Å². The molecule has 7 nitrogen and oxygen atoms in total. The summed E-state index contributed by atoms with van der Waals surface area (Å²) in [6.07, 6.45) is -1.40. The molecule has 0 bridgehead atoms. The number of anilines is 1. The van der Waals surface area contributed by atoms with Crippen molar-refractivity contribution in [1.82, 2.24) is 4.98 Å². The fourth-order valence-electron chi connectivity index (χ4n) is 1.21. The van der Waals surface area contributed by atoms with Gasteiger partial charge in [-0.1, -0.05) is 6.07 Å². The number of carbonyl (C=O) groups is 1. The predicted molar refractivity (Wildman–Crippen MR) is 56.8 cm³/mol. The second-order valence-electron chi connectivity index (χ2n) is 3.30. The van der Waals surface area contributed by atoms with E-state index in [0.29, 0.717) is 11.4 Å². The average molecular weight is 226 g/mol. The van der Waals surface area contributed by atoms with Crippen molar-refractivity contribution in [2.45, 2.75) is 18.6 Å². The number of nitrogens with two attached hydrogens (primary N) is 2. The van der Waals surface area contributed by atoms with Gasteiger partial charge in [-0.3, -0.25) is 4.79 Å². The van der Waals surface area contributed by atoms with Crippen LogP contribution in [-0.4, -0.2) is 27.2 Å². The van der Waals surface area contributed by atoms with E-state index in [0.717, 1.165) is 0 Å². The Hall–Kier alpha value is -1.70. The first-order valence-corrected chi connectivity index (χ1v) is 4.61. The lowest BCUT2D eigenvalue weighted by molar-refractivity contribution is -0.121. The van der Waals surface area contributed by atoms with Gasteiger partial charge in [0.15, 0.2) is 0 Å². The molecule has 0 aliphatic heterocycles. The molecular formula is C9H14N4O3. The molecule has 7 heteroatoms. The zero-order chi connectivity index (χ0) is 12.1. The molecule has 0 aromatic carbocycles. The second kappa shape index (κ2) is 5.40. The molecule has 1 amide bonds. The summed E-state index contributed by atoms with van der Waals surface area (Å²) in [4.78, 5) is 14.4. The molecule has 16 heavy (non-hydrogen) atoms. The van der Waals surface area contributed by atoms with E-state index in [1.807, 2.05) is 0 Å². The molecule has 0 saturated heterocycles. The summed E-state index contributed by atoms with van der Waals surface area (Å²) in [7, 11) is 0. The van der Waals surface area contributed by atoms with E-state index in [9.17, 15) is 15.0 Å². The molecule has 2 unspecified atom stereocenters. The van der Waals surface area contributed by atoms with E-state index in [2.05, 4.69) is 10.4 Å². The molecule has 0 radical (unpaired) electrons. The quantitative estimate of drug-likeness (QED) is 0.311. The largest absolute Gasteiger partial charge is 0.390 e. The molecule has 88 valence electrons. The topological polar surface area (TPSA) is 134 Å². The number of nitrogens with zero attached hydrogens (tertiary/aromatic N) is 1. The van der Waals surface area contributed by atoms with Gasteiger partial charge in [-0.2, -0.15) is 0 Å². The van der Waals surface area contributed by atoms with Gasteiger partial charge in [0.05, 0.1) is 12.5 Å². The Labute approximate surface area is 92.1 Å². The molecule has 2 atom stereocenters. The first-order valence-electron chi connectivity index (χ1n) is 4.61. The van der Waals surface area contributed by atoms with E-state index in [1.54, 1.807) is 0 Å². The van der Waals surface area contributed by atoms with Gasteiger partial charge in [0.1, 0.15) is 11.9 Å². The molecule has 1 aromatic heterocycles. The van der Waals surface area contributed by atoms with Gasteiger partial charge < -0.3 is 21.4 Å². The summed E-state index contributed by atoms with van der Waals surface area (Å²) < 4.78 is 0. The Morgan fingerprint density at radius 3 is 2.62 bits per heavy atom. The SMILES string of the molecule is NNc1ccc(C(O)C(O)CC(N)=O)cn1. The summed E-state index contributed by atoms with van der Waals surface area (Å²) in [5.41, 5.74) is 7.61. The van der Waals surface area contributed by atoms with Crippen LogP contribution >= 0.6 is 0 Å². The van der Waals surface area contributed by atoms with Crippen LogP contribution in [0.5, 0.6) is 0 Å². The van der Waals surface area contributed by atoms with Crippen molar-refractivity contribution in [1.29, 1.82) is 0 Å². The Morgan fingerprint density at radius 2 is 2.19 bits per heavy atom. The standard InChI is InChI=1S/C9H14N4O3/c10-7(15)3-6(14)9(16)5-1-2-8(13-11)12-4-5/h1-2,4,6,9,14,16H,3,11H2,(H2,10,15)(H,12,13). The van der Waals surface area contributed by atoms with Crippen molar-refractivity contribution >= 4 is 11.7 Å². The zero-order valence-electron chi connectivity index (χ0n) is 8.50. The van der Waals surface area contributed by atoms with Crippen molar-refractivity contribution < 1.29 is 15.0 Å². The van der Waals surface area contributed by atoms with Gasteiger partial charge in [-0.05, 0) is 6.07 Å². The maximum atomic E-state index is 10.6. The maximum absolute atomic E-state index is 10.6. The fraction of sp³-hybridized carbons (Fsp3) is 0.333. The lowest BCUT2D eigenvalue weighted by Crippen LogP contribution is -2.25. The molecule has 1 aromatic rings. The average Bonchev–Trinajstić information content (AvgIpc) is 2.27. The second-order valence-corrected chi connectivity index (χ2v) is 3.30. The third kappa shape index (κ3) is 3.16. The molecule has 7 N–H and O–H groups in total. The van der Waals surface area contributed by atoms with Crippen molar-refractivity contribution in [2.24, 2.45) is 11.6 Å². The molecule has 0 saturated carbocycles. The highest BCUT2D eigenvalue weighted by atomic mass is 16.3. The van der Waals surface area contributed by atoms with Crippen LogP contribution in [0.4, 0.5) is 5.82 Å². The number of aromatic nitrogens is 1. The molecule has 1 heterocycles. The Kier molecular flexibility index (Phi) is 4.18. The van der Waals surface area contributed by atoms with Crippen LogP contribution in [0.15, 0.2) is 18.3 Å². The van der Waals surface area contributed by atoms with E-state index in [-0.39, 0.29) is 6.42 Å². The summed E-state index contributed by atoms with van der Waals surface area (Å²) in [6, 6.07) is 3.08. The normalized spacial score (nSPS) is 14.2. The van der Waals surface area contributed by atoms with Crippen LogP contribution in [0.2, 0.25) is 0 Å². The van der Waals surface area contributed by atoms with Crippen molar-refractivity contribution in [3.05, 3.63) is 23.9 Å². The number of aliphatic hydroxyl groups is 2. The highest BCUT2D eigenvalue weighted by molar-refractivity contribution is 5.74. The lowest BCUT2D eigenvalue weighted by atomic mass is 10.0. The van der Waals surface area contributed by atoms with E-state index in [4.69, 9.17) is 11.6 Å². The third-order valence-corrected chi connectivity index (χ3v) is 2.05. The number of pyridine rings is 1. The van der Waals surface area contributed by atoms with E-state index in [1.165, 1.54) is 18.3 Å². The number of nitrogens with one attached hydrogen (secondary N) is 1. The van der Waals surface area contributed by atoms with Crippen LogP contribution in [-0.2, 0) is 4.79 Å². The Bertz CT molecular complexity index is 354. The van der Waals surface area contributed by atoms with Crippen LogP contribution in [0.3, 0.4) is 0 Å². The summed E-state index contributed by atoms with van der Waals surface area (Å²) in [5, 5.41) is 19.1. The lowest BCUT2D eigenvalue weighted by Gasteiger charge is -2.16. The molecule has 1 rings (SSSR count). The summed E-state index contributed by atoms with van der Waals surface area (Å²) in [5.74, 6) is 4.87. The minimum absolute atomic E-state index is 0.307. The first kappa shape index (κ1) is 12.4. The number of nitrogen functional groups attached to an aromatic ring is 1. The van der Waals surface area contributed by atoms with Gasteiger partial charge in [0.25, 0.3) is 0 Å². The fourth-order valence-corrected chi connectivity index (χ4v) is 1.21. The summed E-state index contributed by atoms with van der Waals surface area (Å²) >= 11 is 0. The number of rotatable bonds is 5. The van der Waals surface area contributed by atoms with Gasteiger partial charge in [0, 0.05) is 11.8 Å². The van der Waals surface area contributed by atoms with Gasteiger partial charge in [-0.25, -0.2) is 10.8 Å². The van der Waals surface area contributed by atoms with Crippen molar-refractivity contribution in [3.63, 3.8) is 0 Å². The summed E-state index contributed by atoms with van der Waals surface area (Å²) in [6.45, 7) is 0. The smallest absolute Gasteiger partial charge is 0.220 e. The number of hydrazine groups is 1. The Morgan fingerprint density at radius 1 is 1.50 bits per heavy atom. The number of amides is 1. The van der Waals surface area contributed by atoms with Crippen LogP contribution in [0.1, 0.15) is 18.1 Å². The molecule has 0 fully saturated rings. The highest BCUT2D eigenvalue weighted by Crippen LogP contribution is 2.18. The van der Waals surface area contributed by atoms with E-state index < -0.39 is 18.1 Å². The minimum atomic E-state index is -1.24. The number of aliphatic hydroxyl groups excluding tert-OH is 2. The van der Waals surface area contributed by atoms with Crippen LogP contribution in [0.25, 0.3) is 0 Å². The highest BCUT2D eigenvalue weighted by Gasteiger charge is 2.20. The number of hydrogen-bond acceptors (Lipinski definition) is 6.